The molecule has 0 bridgehead atoms. The van der Waals surface area contributed by atoms with Crippen molar-refractivity contribution in [1.29, 1.82) is 0 Å². The van der Waals surface area contributed by atoms with Crippen LogP contribution >= 0.6 is 0 Å². The number of rotatable bonds is 7. The first-order valence-corrected chi connectivity index (χ1v) is 6.22. The van der Waals surface area contributed by atoms with E-state index in [9.17, 15) is 0 Å². The molecular weight excluding hydrogens is 200 g/mol. The minimum atomic E-state index is 0.753. The average molecular weight is 220 g/mol. The molecule has 1 aliphatic carbocycles. The van der Waals surface area contributed by atoms with Crippen LogP contribution in [0.3, 0.4) is 0 Å². The van der Waals surface area contributed by atoms with E-state index < -0.39 is 0 Å². The van der Waals surface area contributed by atoms with E-state index in [1.54, 1.807) is 6.20 Å². The van der Waals surface area contributed by atoms with Crippen LogP contribution in [0.5, 0.6) is 5.75 Å². The van der Waals surface area contributed by atoms with Crippen LogP contribution in [-0.4, -0.2) is 18.1 Å². The van der Waals surface area contributed by atoms with E-state index >= 15 is 0 Å². The molecule has 0 saturated heterocycles. The first-order chi connectivity index (χ1) is 7.90. The zero-order chi connectivity index (χ0) is 11.2. The third-order valence-corrected chi connectivity index (χ3v) is 2.77. The Bertz CT molecular complexity index is 323. The van der Waals surface area contributed by atoms with Crippen LogP contribution in [-0.2, 0) is 0 Å². The maximum Gasteiger partial charge on any atom is 0.168 e. The van der Waals surface area contributed by atoms with Crippen molar-refractivity contribution >= 4 is 5.82 Å². The number of pyridine rings is 1. The molecule has 1 N–H and O–H groups in total. The fraction of sp³-hybridized carbons (Fsp3) is 0.615. The van der Waals surface area contributed by atoms with Crippen LogP contribution < -0.4 is 10.1 Å². The van der Waals surface area contributed by atoms with Crippen molar-refractivity contribution in [2.45, 2.75) is 32.6 Å². The lowest BCUT2D eigenvalue weighted by Crippen LogP contribution is -2.06. The summed E-state index contributed by atoms with van der Waals surface area (Å²) in [6, 6.07) is 3.89. The smallest absolute Gasteiger partial charge is 0.168 e. The van der Waals surface area contributed by atoms with E-state index in [0.29, 0.717) is 0 Å². The minimum Gasteiger partial charge on any atom is -0.490 e. The molecule has 1 aromatic rings. The minimum absolute atomic E-state index is 0.753. The van der Waals surface area contributed by atoms with Gasteiger partial charge < -0.3 is 10.1 Å². The van der Waals surface area contributed by atoms with E-state index in [1.165, 1.54) is 19.3 Å². The van der Waals surface area contributed by atoms with Gasteiger partial charge in [0.2, 0.25) is 0 Å². The summed E-state index contributed by atoms with van der Waals surface area (Å²) in [6.45, 7) is 3.86. The van der Waals surface area contributed by atoms with Crippen molar-refractivity contribution in [3.63, 3.8) is 0 Å². The lowest BCUT2D eigenvalue weighted by molar-refractivity contribution is 0.318. The molecule has 3 heteroatoms. The highest BCUT2D eigenvalue weighted by molar-refractivity contribution is 5.49. The Morgan fingerprint density at radius 1 is 1.50 bits per heavy atom. The molecule has 1 aliphatic rings. The summed E-state index contributed by atoms with van der Waals surface area (Å²) >= 11 is 0. The maximum atomic E-state index is 5.63. The third-order valence-electron chi connectivity index (χ3n) is 2.77. The average Bonchev–Trinajstić information content (AvgIpc) is 3.12. The van der Waals surface area contributed by atoms with Crippen molar-refractivity contribution in [3.8, 4) is 5.75 Å². The molecule has 0 spiro atoms. The number of ether oxygens (including phenoxy) is 1. The van der Waals surface area contributed by atoms with Gasteiger partial charge in [0.25, 0.3) is 0 Å². The highest BCUT2D eigenvalue weighted by Crippen LogP contribution is 2.32. The largest absolute Gasteiger partial charge is 0.490 e. The first kappa shape index (κ1) is 11.2. The van der Waals surface area contributed by atoms with E-state index in [0.717, 1.165) is 37.1 Å². The molecular formula is C13H20N2O. The fourth-order valence-corrected chi connectivity index (χ4v) is 1.65. The molecule has 0 aromatic carbocycles. The van der Waals surface area contributed by atoms with Crippen LogP contribution in [0.2, 0.25) is 0 Å². The summed E-state index contributed by atoms with van der Waals surface area (Å²) in [4.78, 5) is 4.31. The summed E-state index contributed by atoms with van der Waals surface area (Å²) in [6.07, 6.45) is 6.89. The zero-order valence-corrected chi connectivity index (χ0v) is 9.91. The van der Waals surface area contributed by atoms with Crippen molar-refractivity contribution < 1.29 is 4.74 Å². The molecule has 0 unspecified atom stereocenters. The number of anilines is 1. The monoisotopic (exact) mass is 220 g/mol. The number of hydrogen-bond donors (Lipinski definition) is 1. The van der Waals surface area contributed by atoms with Crippen LogP contribution in [0, 0.1) is 5.92 Å². The van der Waals surface area contributed by atoms with Gasteiger partial charge in [0.1, 0.15) is 0 Å². The summed E-state index contributed by atoms with van der Waals surface area (Å²) in [5.74, 6) is 2.72. The highest BCUT2D eigenvalue weighted by atomic mass is 16.5. The SMILES string of the molecule is CCCOc1cccnc1NCCC1CC1. The Morgan fingerprint density at radius 3 is 3.12 bits per heavy atom. The van der Waals surface area contributed by atoms with Crippen molar-refractivity contribution in [1.82, 2.24) is 4.98 Å². The van der Waals surface area contributed by atoms with Gasteiger partial charge in [0.15, 0.2) is 11.6 Å². The van der Waals surface area contributed by atoms with Crippen molar-refractivity contribution in [2.24, 2.45) is 5.92 Å². The van der Waals surface area contributed by atoms with Gasteiger partial charge in [-0.15, -0.1) is 0 Å². The van der Waals surface area contributed by atoms with E-state index in [2.05, 4.69) is 17.2 Å². The van der Waals surface area contributed by atoms with Gasteiger partial charge in [0, 0.05) is 12.7 Å². The second kappa shape index (κ2) is 5.73. The molecule has 0 radical (unpaired) electrons. The van der Waals surface area contributed by atoms with Gasteiger partial charge in [-0.3, -0.25) is 0 Å². The van der Waals surface area contributed by atoms with Gasteiger partial charge in [-0.1, -0.05) is 19.8 Å². The van der Waals surface area contributed by atoms with Crippen LogP contribution in [0.4, 0.5) is 5.82 Å². The predicted molar refractivity (Wildman–Crippen MR) is 65.9 cm³/mol. The molecule has 0 atom stereocenters. The Morgan fingerprint density at radius 2 is 2.38 bits per heavy atom. The standard InChI is InChI=1S/C13H20N2O/c1-2-10-16-12-4-3-8-14-13(12)15-9-7-11-5-6-11/h3-4,8,11H,2,5-7,9-10H2,1H3,(H,14,15). The number of nitrogens with zero attached hydrogens (tertiary/aromatic N) is 1. The second-order valence-corrected chi connectivity index (χ2v) is 4.36. The Hall–Kier alpha value is -1.25. The predicted octanol–water partition coefficient (Wildman–Crippen LogP) is 3.08. The molecule has 0 amide bonds. The highest BCUT2D eigenvalue weighted by Gasteiger charge is 2.20. The van der Waals surface area contributed by atoms with Gasteiger partial charge in [-0.05, 0) is 30.9 Å². The van der Waals surface area contributed by atoms with Gasteiger partial charge in [0.05, 0.1) is 6.61 Å². The summed E-state index contributed by atoms with van der Waals surface area (Å²) in [5, 5.41) is 3.36. The van der Waals surface area contributed by atoms with Crippen molar-refractivity contribution in [2.75, 3.05) is 18.5 Å². The van der Waals surface area contributed by atoms with Crippen LogP contribution in [0.15, 0.2) is 18.3 Å². The van der Waals surface area contributed by atoms with Crippen LogP contribution in [0.1, 0.15) is 32.6 Å². The molecule has 1 fully saturated rings. The lowest BCUT2D eigenvalue weighted by Gasteiger charge is -2.11. The van der Waals surface area contributed by atoms with Crippen molar-refractivity contribution in [3.05, 3.63) is 18.3 Å². The topological polar surface area (TPSA) is 34.1 Å². The summed E-state index contributed by atoms with van der Waals surface area (Å²) in [5.41, 5.74) is 0. The number of hydrogen-bond acceptors (Lipinski definition) is 3. The summed E-state index contributed by atoms with van der Waals surface area (Å²) < 4.78 is 5.63. The molecule has 1 heterocycles. The first-order valence-electron chi connectivity index (χ1n) is 6.22. The van der Waals surface area contributed by atoms with Crippen LogP contribution in [0.25, 0.3) is 0 Å². The van der Waals surface area contributed by atoms with E-state index in [1.807, 2.05) is 12.1 Å². The number of nitrogens with one attached hydrogen (secondary N) is 1. The Labute approximate surface area is 97.2 Å². The zero-order valence-electron chi connectivity index (χ0n) is 9.91. The van der Waals surface area contributed by atoms with E-state index in [-0.39, 0.29) is 0 Å². The molecule has 0 aliphatic heterocycles. The van der Waals surface area contributed by atoms with Gasteiger partial charge >= 0.3 is 0 Å². The normalized spacial score (nSPS) is 14.8. The Kier molecular flexibility index (Phi) is 4.03. The summed E-state index contributed by atoms with van der Waals surface area (Å²) in [7, 11) is 0. The molecule has 2 rings (SSSR count). The number of aromatic nitrogens is 1. The molecule has 1 saturated carbocycles. The quantitative estimate of drug-likeness (QED) is 0.766. The van der Waals surface area contributed by atoms with Gasteiger partial charge in [-0.25, -0.2) is 4.98 Å². The fourth-order valence-electron chi connectivity index (χ4n) is 1.65. The molecule has 3 nitrogen and oxygen atoms in total. The van der Waals surface area contributed by atoms with E-state index in [4.69, 9.17) is 4.74 Å². The second-order valence-electron chi connectivity index (χ2n) is 4.36. The third kappa shape index (κ3) is 3.40. The van der Waals surface area contributed by atoms with Gasteiger partial charge in [-0.2, -0.15) is 0 Å². The Balaban J connectivity index is 1.84. The molecule has 1 aromatic heterocycles. The lowest BCUT2D eigenvalue weighted by atomic mass is 10.3. The molecule has 16 heavy (non-hydrogen) atoms. The maximum absolute atomic E-state index is 5.63. The molecule has 88 valence electrons.